The number of nitrogens with one attached hydrogen (secondary N) is 1. The van der Waals surface area contributed by atoms with Crippen LogP contribution in [-0.2, 0) is 0 Å². The smallest absolute Gasteiger partial charge is 0.273 e. The van der Waals surface area contributed by atoms with E-state index in [0.717, 1.165) is 17.5 Å². The fraction of sp³-hybridized carbons (Fsp3) is 0.333. The summed E-state index contributed by atoms with van der Waals surface area (Å²) in [7, 11) is 0. The summed E-state index contributed by atoms with van der Waals surface area (Å²) < 4.78 is 11.7. The van der Waals surface area contributed by atoms with E-state index in [4.69, 9.17) is 9.47 Å². The van der Waals surface area contributed by atoms with E-state index in [1.807, 2.05) is 38.1 Å². The fourth-order valence-electron chi connectivity index (χ4n) is 4.04. The summed E-state index contributed by atoms with van der Waals surface area (Å²) in [6.07, 6.45) is 0.899. The number of aromatic hydroxyl groups is 1. The highest BCUT2D eigenvalue weighted by Crippen LogP contribution is 2.45. The van der Waals surface area contributed by atoms with Crippen LogP contribution in [0.5, 0.6) is 17.2 Å². The van der Waals surface area contributed by atoms with Gasteiger partial charge in [-0.3, -0.25) is 9.89 Å². The molecule has 0 saturated carbocycles. The minimum atomic E-state index is -0.347. The Balaban J connectivity index is 1.84. The number of phenols is 1. The molecule has 4 rings (SSSR count). The largest absolute Gasteiger partial charge is 0.507 e. The summed E-state index contributed by atoms with van der Waals surface area (Å²) in [4.78, 5) is 14.9. The molecule has 1 amide bonds. The van der Waals surface area contributed by atoms with Gasteiger partial charge < -0.3 is 19.5 Å². The van der Waals surface area contributed by atoms with E-state index in [0.29, 0.717) is 48.2 Å². The van der Waals surface area contributed by atoms with Crippen molar-refractivity contribution in [1.29, 1.82) is 0 Å². The first-order valence-electron chi connectivity index (χ1n) is 10.7. The van der Waals surface area contributed by atoms with Crippen molar-refractivity contribution < 1.29 is 19.4 Å². The van der Waals surface area contributed by atoms with Crippen LogP contribution in [0, 0.1) is 0 Å². The number of para-hydroxylation sites is 1. The maximum atomic E-state index is 13.1. The Hall–Kier alpha value is -3.48. The highest BCUT2D eigenvalue weighted by atomic mass is 16.5. The highest BCUT2D eigenvalue weighted by Gasteiger charge is 2.42. The molecule has 1 aliphatic rings. The second kappa shape index (κ2) is 8.71. The average Bonchev–Trinajstić information content (AvgIpc) is 3.32. The number of aromatic amines is 1. The zero-order valence-electron chi connectivity index (χ0n) is 18.0. The third-order valence-corrected chi connectivity index (χ3v) is 5.41. The van der Waals surface area contributed by atoms with E-state index in [9.17, 15) is 9.90 Å². The van der Waals surface area contributed by atoms with E-state index < -0.39 is 0 Å². The maximum absolute atomic E-state index is 13.1. The van der Waals surface area contributed by atoms with Gasteiger partial charge in [0.25, 0.3) is 5.91 Å². The molecule has 162 valence electrons. The quantitative estimate of drug-likeness (QED) is 0.558. The molecule has 7 nitrogen and oxygen atoms in total. The van der Waals surface area contributed by atoms with Crippen LogP contribution >= 0.6 is 0 Å². The summed E-state index contributed by atoms with van der Waals surface area (Å²) in [5.74, 6) is 1.35. The van der Waals surface area contributed by atoms with Crippen LogP contribution < -0.4 is 9.47 Å². The number of rotatable bonds is 8. The third-order valence-electron chi connectivity index (χ3n) is 5.41. The van der Waals surface area contributed by atoms with Crippen LogP contribution in [0.4, 0.5) is 0 Å². The number of hydrogen-bond acceptors (Lipinski definition) is 5. The van der Waals surface area contributed by atoms with Crippen LogP contribution in [-0.4, -0.2) is 45.9 Å². The molecule has 2 heterocycles. The van der Waals surface area contributed by atoms with Gasteiger partial charge in [-0.2, -0.15) is 5.10 Å². The van der Waals surface area contributed by atoms with E-state index in [2.05, 4.69) is 17.1 Å². The molecular weight excluding hydrogens is 394 g/mol. The molecule has 0 aliphatic carbocycles. The zero-order chi connectivity index (χ0) is 22.0. The number of benzene rings is 2. The lowest BCUT2D eigenvalue weighted by Gasteiger charge is -2.26. The summed E-state index contributed by atoms with van der Waals surface area (Å²) in [6, 6.07) is 12.5. The molecule has 31 heavy (non-hydrogen) atoms. The van der Waals surface area contributed by atoms with Gasteiger partial charge in [-0.1, -0.05) is 25.1 Å². The molecule has 7 heteroatoms. The van der Waals surface area contributed by atoms with Crippen molar-refractivity contribution in [1.82, 2.24) is 15.1 Å². The Bertz CT molecular complexity index is 1090. The van der Waals surface area contributed by atoms with Crippen molar-refractivity contribution >= 4 is 5.91 Å². The molecule has 0 unspecified atom stereocenters. The van der Waals surface area contributed by atoms with Crippen molar-refractivity contribution in [3.8, 4) is 28.5 Å². The Morgan fingerprint density at radius 1 is 1.10 bits per heavy atom. The summed E-state index contributed by atoms with van der Waals surface area (Å²) >= 11 is 0. The van der Waals surface area contributed by atoms with Gasteiger partial charge in [0.1, 0.15) is 17.1 Å². The van der Waals surface area contributed by atoms with E-state index in [1.54, 1.807) is 23.1 Å². The number of carbonyl (C=O) groups is 1. The third kappa shape index (κ3) is 3.60. The molecule has 0 fully saturated rings. The van der Waals surface area contributed by atoms with Crippen molar-refractivity contribution in [3.63, 3.8) is 0 Å². The highest BCUT2D eigenvalue weighted by molar-refractivity contribution is 6.00. The molecule has 2 aromatic carbocycles. The van der Waals surface area contributed by atoms with Gasteiger partial charge in [0.15, 0.2) is 11.5 Å². The van der Waals surface area contributed by atoms with Crippen molar-refractivity contribution in [3.05, 3.63) is 59.3 Å². The summed E-state index contributed by atoms with van der Waals surface area (Å²) in [5.41, 5.74) is 3.28. The molecule has 0 radical (unpaired) electrons. The number of carbonyl (C=O) groups excluding carboxylic acids is 1. The van der Waals surface area contributed by atoms with Gasteiger partial charge in [-0.15, -0.1) is 0 Å². The minimum absolute atomic E-state index is 0.110. The second-order valence-corrected chi connectivity index (χ2v) is 7.36. The van der Waals surface area contributed by atoms with Crippen molar-refractivity contribution in [2.24, 2.45) is 0 Å². The standard InChI is InChI=1S/C24H27N3O4/c1-4-13-31-18-12-11-15(14-19(18)30-6-3)23-20-21(16-9-7-8-10-17(16)28)25-26-22(20)24(29)27(23)5-2/h7-12,14,23,28H,4-6,13H2,1-3H3,(H,25,26)/t23-/m0/s1. The van der Waals surface area contributed by atoms with E-state index in [-0.39, 0.29) is 17.7 Å². The Labute approximate surface area is 181 Å². The first kappa shape index (κ1) is 20.8. The monoisotopic (exact) mass is 421 g/mol. The number of ether oxygens (including phenoxy) is 2. The molecule has 1 atom stereocenters. The number of H-pyrrole nitrogens is 1. The summed E-state index contributed by atoms with van der Waals surface area (Å²) in [6.45, 7) is 7.58. The number of nitrogens with zero attached hydrogens (tertiary/aromatic N) is 2. The van der Waals surface area contributed by atoms with Crippen LogP contribution in [0.3, 0.4) is 0 Å². The van der Waals surface area contributed by atoms with Gasteiger partial charge in [-0.05, 0) is 50.1 Å². The molecular formula is C24H27N3O4. The maximum Gasteiger partial charge on any atom is 0.273 e. The molecule has 0 bridgehead atoms. The average molecular weight is 421 g/mol. The lowest BCUT2D eigenvalue weighted by molar-refractivity contribution is 0.0753. The SMILES string of the molecule is CCCOc1ccc([C@H]2c3c(-c4ccccc4O)n[nH]c3C(=O)N2CC)cc1OCC. The number of aromatic nitrogens is 2. The van der Waals surface area contributed by atoms with Crippen molar-refractivity contribution in [2.45, 2.75) is 33.2 Å². The van der Waals surface area contributed by atoms with Gasteiger partial charge in [0, 0.05) is 17.7 Å². The van der Waals surface area contributed by atoms with E-state index in [1.165, 1.54) is 0 Å². The Morgan fingerprint density at radius 3 is 2.61 bits per heavy atom. The lowest BCUT2D eigenvalue weighted by atomic mass is 9.95. The number of amides is 1. The van der Waals surface area contributed by atoms with E-state index >= 15 is 0 Å². The molecule has 3 aromatic rings. The predicted octanol–water partition coefficient (Wildman–Crippen LogP) is 4.53. The predicted molar refractivity (Wildman–Crippen MR) is 118 cm³/mol. The van der Waals surface area contributed by atoms with Gasteiger partial charge in [-0.25, -0.2) is 0 Å². The Kier molecular flexibility index (Phi) is 5.84. The van der Waals surface area contributed by atoms with Crippen LogP contribution in [0.2, 0.25) is 0 Å². The second-order valence-electron chi connectivity index (χ2n) is 7.36. The molecule has 0 saturated heterocycles. The first-order valence-corrected chi connectivity index (χ1v) is 10.7. The molecule has 1 aliphatic heterocycles. The lowest BCUT2D eigenvalue weighted by Crippen LogP contribution is -2.29. The molecule has 2 N–H and O–H groups in total. The zero-order valence-corrected chi connectivity index (χ0v) is 18.0. The van der Waals surface area contributed by atoms with Gasteiger partial charge >= 0.3 is 0 Å². The fourth-order valence-corrected chi connectivity index (χ4v) is 4.04. The van der Waals surface area contributed by atoms with Gasteiger partial charge in [0.2, 0.25) is 0 Å². The normalized spacial score (nSPS) is 15.3. The number of fused-ring (bicyclic) bond motifs is 1. The number of hydrogen-bond donors (Lipinski definition) is 2. The van der Waals surface area contributed by atoms with Crippen molar-refractivity contribution in [2.75, 3.05) is 19.8 Å². The van der Waals surface area contributed by atoms with Crippen LogP contribution in [0.15, 0.2) is 42.5 Å². The van der Waals surface area contributed by atoms with Gasteiger partial charge in [0.05, 0.1) is 19.3 Å². The Morgan fingerprint density at radius 2 is 1.90 bits per heavy atom. The summed E-state index contributed by atoms with van der Waals surface area (Å²) in [5, 5.41) is 17.7. The molecule has 0 spiro atoms. The van der Waals surface area contributed by atoms with Crippen LogP contribution in [0.1, 0.15) is 54.8 Å². The number of phenolic OH excluding ortho intramolecular Hbond substituents is 1. The topological polar surface area (TPSA) is 87.7 Å². The van der Waals surface area contributed by atoms with Crippen LogP contribution in [0.25, 0.3) is 11.3 Å². The molecule has 1 aromatic heterocycles. The minimum Gasteiger partial charge on any atom is -0.507 e. The first-order chi connectivity index (χ1) is 15.1.